The molecule has 0 bridgehead atoms. The quantitative estimate of drug-likeness (QED) is 0.173. The van der Waals surface area contributed by atoms with Gasteiger partial charge in [-0.15, -0.1) is 0 Å². The molecule has 12 rings (SSSR count). The van der Waals surface area contributed by atoms with Gasteiger partial charge < -0.3 is 14.0 Å². The number of benzene rings is 8. The van der Waals surface area contributed by atoms with Crippen molar-refractivity contribution in [1.82, 2.24) is 9.13 Å². The van der Waals surface area contributed by atoms with Crippen molar-refractivity contribution in [3.05, 3.63) is 199 Å². The smallest absolute Gasteiger partial charge is 0.0633 e. The van der Waals surface area contributed by atoms with E-state index in [9.17, 15) is 0 Å². The van der Waals surface area contributed by atoms with Crippen molar-refractivity contribution in [3.8, 4) is 16.8 Å². The molecule has 0 saturated carbocycles. The maximum absolute atomic E-state index is 2.63. The molecule has 8 aromatic carbocycles. The minimum atomic E-state index is 0.332. The lowest BCUT2D eigenvalue weighted by Crippen LogP contribution is -2.10. The molecule has 1 aliphatic heterocycles. The van der Waals surface area contributed by atoms with Gasteiger partial charge in [0, 0.05) is 55.2 Å². The maximum atomic E-state index is 2.63. The van der Waals surface area contributed by atoms with Crippen LogP contribution in [0.2, 0.25) is 0 Å². The summed E-state index contributed by atoms with van der Waals surface area (Å²) in [5.41, 5.74) is 16.2. The Bertz CT molecular complexity index is 3250. The highest BCUT2D eigenvalue weighted by molar-refractivity contribution is 6.23. The zero-order valence-electron chi connectivity index (χ0n) is 31.0. The van der Waals surface area contributed by atoms with Gasteiger partial charge in [-0.3, -0.25) is 0 Å². The fourth-order valence-electron chi connectivity index (χ4n) is 9.66. The van der Waals surface area contributed by atoms with Crippen LogP contribution in [0.15, 0.2) is 188 Å². The minimum Gasteiger partial charge on any atom is -0.332 e. The van der Waals surface area contributed by atoms with Gasteiger partial charge in [0.25, 0.3) is 0 Å². The number of hydrogen-bond donors (Lipinski definition) is 0. The first-order valence-corrected chi connectivity index (χ1v) is 19.6. The first kappa shape index (κ1) is 31.3. The van der Waals surface area contributed by atoms with Gasteiger partial charge in [-0.05, 0) is 102 Å². The van der Waals surface area contributed by atoms with Gasteiger partial charge >= 0.3 is 0 Å². The summed E-state index contributed by atoms with van der Waals surface area (Å²) in [4.78, 5) is 2.35. The Kier molecular flexibility index (Phi) is 6.67. The predicted molar refractivity (Wildman–Crippen MR) is 237 cm³/mol. The molecular weight excluding hydrogens is 679 g/mol. The Morgan fingerprint density at radius 1 is 0.518 bits per heavy atom. The Morgan fingerprint density at radius 3 is 2.00 bits per heavy atom. The van der Waals surface area contributed by atoms with Crippen molar-refractivity contribution in [2.45, 2.75) is 19.4 Å². The van der Waals surface area contributed by atoms with E-state index in [0.717, 1.165) is 29.2 Å². The van der Waals surface area contributed by atoms with Crippen LogP contribution in [0, 0.1) is 6.92 Å². The van der Waals surface area contributed by atoms with Crippen LogP contribution >= 0.6 is 0 Å². The standard InChI is InChI=1S/C53H37N3/c1-34-18-20-35(21-19-34)36-22-25-39(26-23-36)54(38-10-3-2-4-11-38)40-27-29-41(30-28-40)55-49-16-7-5-13-43(49)46-31-24-37-32-48-45-15-9-14-44-42-12-6-8-17-50(42)56(52(44)45)51(48)33-47(37)53(46)55/h2-16,18-33,50H,17H2,1H3. The van der Waals surface area contributed by atoms with E-state index in [1.165, 1.54) is 82.2 Å². The average molecular weight is 716 g/mol. The van der Waals surface area contributed by atoms with Crippen molar-refractivity contribution in [2.75, 3.05) is 4.90 Å². The van der Waals surface area contributed by atoms with Crippen molar-refractivity contribution < 1.29 is 0 Å². The highest BCUT2D eigenvalue weighted by Gasteiger charge is 2.32. The monoisotopic (exact) mass is 715 g/mol. The van der Waals surface area contributed by atoms with Crippen LogP contribution in [0.4, 0.5) is 17.1 Å². The number of allylic oxidation sites excluding steroid dienone is 4. The fraction of sp³-hybridized carbons (Fsp3) is 0.0566. The highest BCUT2D eigenvalue weighted by Crippen LogP contribution is 2.50. The lowest BCUT2D eigenvalue weighted by atomic mass is 9.93. The van der Waals surface area contributed by atoms with Crippen LogP contribution in [0.3, 0.4) is 0 Å². The lowest BCUT2D eigenvalue weighted by molar-refractivity contribution is 0.685. The molecule has 0 amide bonds. The highest BCUT2D eigenvalue weighted by atomic mass is 15.1. The van der Waals surface area contributed by atoms with E-state index in [1.807, 2.05) is 0 Å². The largest absolute Gasteiger partial charge is 0.332 e. The summed E-state index contributed by atoms with van der Waals surface area (Å²) in [7, 11) is 0. The summed E-state index contributed by atoms with van der Waals surface area (Å²) in [5.74, 6) is 0. The molecule has 2 aromatic heterocycles. The first-order chi connectivity index (χ1) is 27.7. The molecule has 3 heteroatoms. The summed E-state index contributed by atoms with van der Waals surface area (Å²) in [6, 6.07) is 63.1. The van der Waals surface area contributed by atoms with E-state index in [2.05, 4.69) is 209 Å². The van der Waals surface area contributed by atoms with E-state index >= 15 is 0 Å². The first-order valence-electron chi connectivity index (χ1n) is 19.6. The number of aryl methyl sites for hydroxylation is 1. The van der Waals surface area contributed by atoms with E-state index < -0.39 is 0 Å². The summed E-state index contributed by atoms with van der Waals surface area (Å²) in [6.07, 6.45) is 7.88. The molecule has 0 radical (unpaired) electrons. The van der Waals surface area contributed by atoms with Crippen LogP contribution in [0.1, 0.15) is 23.6 Å². The van der Waals surface area contributed by atoms with Crippen LogP contribution in [0.5, 0.6) is 0 Å². The third-order valence-corrected chi connectivity index (χ3v) is 12.2. The van der Waals surface area contributed by atoms with Gasteiger partial charge in [0.2, 0.25) is 0 Å². The zero-order valence-corrected chi connectivity index (χ0v) is 31.0. The second kappa shape index (κ2) is 11.9. The fourth-order valence-corrected chi connectivity index (χ4v) is 9.66. The molecule has 0 saturated heterocycles. The van der Waals surface area contributed by atoms with Crippen molar-refractivity contribution in [3.63, 3.8) is 0 Å². The number of hydrogen-bond acceptors (Lipinski definition) is 1. The second-order valence-electron chi connectivity index (χ2n) is 15.4. The normalized spacial score (nSPS) is 14.7. The molecule has 10 aromatic rings. The number of aromatic nitrogens is 2. The number of nitrogens with zero attached hydrogens (tertiary/aromatic N) is 3. The van der Waals surface area contributed by atoms with Crippen LogP contribution in [-0.2, 0) is 0 Å². The van der Waals surface area contributed by atoms with Gasteiger partial charge in [0.05, 0.1) is 28.1 Å². The maximum Gasteiger partial charge on any atom is 0.0633 e. The third-order valence-electron chi connectivity index (χ3n) is 12.2. The van der Waals surface area contributed by atoms with E-state index in [0.29, 0.717) is 6.04 Å². The SMILES string of the molecule is Cc1ccc(-c2ccc(N(c3ccccc3)c3ccc(-n4c5ccccc5c5ccc6cc7c8cccc9c8n(c7cc6c54)C4CC=CC=C94)cc3)cc2)cc1. The van der Waals surface area contributed by atoms with E-state index in [1.54, 1.807) is 0 Å². The van der Waals surface area contributed by atoms with Gasteiger partial charge in [-0.1, -0.05) is 127 Å². The van der Waals surface area contributed by atoms with Crippen molar-refractivity contribution in [2.24, 2.45) is 0 Å². The number of fused-ring (bicyclic) bond motifs is 11. The number of para-hydroxylation sites is 3. The lowest BCUT2D eigenvalue weighted by Gasteiger charge is -2.26. The van der Waals surface area contributed by atoms with Gasteiger partial charge in [-0.25, -0.2) is 0 Å². The molecule has 3 heterocycles. The van der Waals surface area contributed by atoms with E-state index in [4.69, 9.17) is 0 Å². The molecule has 56 heavy (non-hydrogen) atoms. The summed E-state index contributed by atoms with van der Waals surface area (Å²) < 4.78 is 5.11. The molecule has 1 unspecified atom stereocenters. The van der Waals surface area contributed by atoms with E-state index in [-0.39, 0.29) is 0 Å². The Labute approximate surface area is 325 Å². The molecule has 264 valence electrons. The summed E-state index contributed by atoms with van der Waals surface area (Å²) >= 11 is 0. The molecule has 0 N–H and O–H groups in total. The predicted octanol–water partition coefficient (Wildman–Crippen LogP) is 14.4. The van der Waals surface area contributed by atoms with Crippen LogP contribution < -0.4 is 4.90 Å². The molecule has 3 nitrogen and oxygen atoms in total. The van der Waals surface area contributed by atoms with Crippen LogP contribution in [0.25, 0.3) is 76.8 Å². The van der Waals surface area contributed by atoms with Crippen molar-refractivity contribution >= 4 is 77.0 Å². The minimum absolute atomic E-state index is 0.332. The zero-order chi connectivity index (χ0) is 36.9. The number of anilines is 3. The van der Waals surface area contributed by atoms with Crippen molar-refractivity contribution in [1.29, 1.82) is 0 Å². The molecule has 2 aliphatic rings. The molecule has 0 fully saturated rings. The van der Waals surface area contributed by atoms with Gasteiger partial charge in [0.1, 0.15) is 0 Å². The second-order valence-corrected chi connectivity index (χ2v) is 15.4. The topological polar surface area (TPSA) is 13.1 Å². The molecule has 0 spiro atoms. The Balaban J connectivity index is 1.03. The summed E-state index contributed by atoms with van der Waals surface area (Å²) in [5, 5.41) is 7.76. The van der Waals surface area contributed by atoms with Gasteiger partial charge in [-0.2, -0.15) is 0 Å². The Hall–Kier alpha value is -7.10. The average Bonchev–Trinajstić information content (AvgIpc) is 3.90. The van der Waals surface area contributed by atoms with Gasteiger partial charge in [0.15, 0.2) is 0 Å². The Morgan fingerprint density at radius 2 is 1.20 bits per heavy atom. The third kappa shape index (κ3) is 4.52. The molecule has 1 atom stereocenters. The molecular formula is C53H37N3. The number of rotatable bonds is 5. The molecule has 1 aliphatic carbocycles. The summed E-state index contributed by atoms with van der Waals surface area (Å²) in [6.45, 7) is 2.13. The van der Waals surface area contributed by atoms with Crippen LogP contribution in [-0.4, -0.2) is 9.13 Å².